The fourth-order valence-corrected chi connectivity index (χ4v) is 4.10. The van der Waals surface area contributed by atoms with Crippen LogP contribution in [0.4, 0.5) is 5.69 Å². The third kappa shape index (κ3) is 4.94. The summed E-state index contributed by atoms with van der Waals surface area (Å²) in [5, 5.41) is 15.2. The lowest BCUT2D eigenvalue weighted by Crippen LogP contribution is -2.17. The first kappa shape index (κ1) is 23.5. The van der Waals surface area contributed by atoms with Gasteiger partial charge in [-0.1, -0.05) is 42.5 Å². The summed E-state index contributed by atoms with van der Waals surface area (Å²) in [4.78, 5) is 23.4. The second-order valence-electron chi connectivity index (χ2n) is 8.28. The lowest BCUT2D eigenvalue weighted by atomic mass is 10.1. The largest absolute Gasteiger partial charge is 0.455 e. The van der Waals surface area contributed by atoms with Gasteiger partial charge in [-0.05, 0) is 67.1 Å². The number of carbonyl (C=O) groups is 1. The molecule has 182 valence electrons. The van der Waals surface area contributed by atoms with Gasteiger partial charge < -0.3 is 8.98 Å². The minimum atomic E-state index is -0.461. The SMILES string of the molecule is Cc1ccc(-c2ccccc2)n1-c1ccc(C(=O)N/N=C\c2ccc(-c3ccccc3[N+](=O)[O-])o2)cc1. The van der Waals surface area contributed by atoms with Gasteiger partial charge in [0.2, 0.25) is 0 Å². The van der Waals surface area contributed by atoms with Gasteiger partial charge >= 0.3 is 0 Å². The van der Waals surface area contributed by atoms with Crippen molar-refractivity contribution in [1.29, 1.82) is 0 Å². The smallest absolute Gasteiger partial charge is 0.280 e. The summed E-state index contributed by atoms with van der Waals surface area (Å²) in [5.41, 5.74) is 7.45. The molecule has 3 aromatic carbocycles. The molecule has 0 aliphatic carbocycles. The Balaban J connectivity index is 1.28. The molecule has 5 rings (SSSR count). The number of hydrazone groups is 1. The molecule has 2 heterocycles. The predicted octanol–water partition coefficient (Wildman–Crippen LogP) is 6.38. The van der Waals surface area contributed by atoms with Gasteiger partial charge in [0, 0.05) is 23.0 Å². The van der Waals surface area contributed by atoms with Crippen molar-refractivity contribution in [2.75, 3.05) is 0 Å². The Bertz CT molecular complexity index is 1600. The zero-order valence-corrected chi connectivity index (χ0v) is 19.9. The number of nitro groups is 1. The first-order chi connectivity index (χ1) is 18.0. The van der Waals surface area contributed by atoms with E-state index < -0.39 is 4.92 Å². The quantitative estimate of drug-likeness (QED) is 0.162. The van der Waals surface area contributed by atoms with E-state index in [1.165, 1.54) is 12.3 Å². The van der Waals surface area contributed by atoms with Crippen LogP contribution >= 0.6 is 0 Å². The minimum Gasteiger partial charge on any atom is -0.455 e. The number of nitrogens with zero attached hydrogens (tertiary/aromatic N) is 3. The number of rotatable bonds is 7. The number of para-hydroxylation sites is 1. The lowest BCUT2D eigenvalue weighted by molar-refractivity contribution is -0.384. The van der Waals surface area contributed by atoms with E-state index in [1.807, 2.05) is 37.3 Å². The maximum absolute atomic E-state index is 12.6. The molecule has 1 amide bonds. The molecular formula is C29H22N4O4. The topological polar surface area (TPSA) is 103 Å². The van der Waals surface area contributed by atoms with Crippen LogP contribution in [0.5, 0.6) is 0 Å². The van der Waals surface area contributed by atoms with Crippen molar-refractivity contribution in [2.24, 2.45) is 5.10 Å². The Kier molecular flexibility index (Phi) is 6.46. The summed E-state index contributed by atoms with van der Waals surface area (Å²) in [7, 11) is 0. The maximum atomic E-state index is 12.6. The van der Waals surface area contributed by atoms with Gasteiger partial charge in [-0.15, -0.1) is 0 Å². The van der Waals surface area contributed by atoms with Crippen LogP contribution in [0.3, 0.4) is 0 Å². The maximum Gasteiger partial charge on any atom is 0.280 e. The van der Waals surface area contributed by atoms with Crippen LogP contribution in [-0.4, -0.2) is 21.6 Å². The highest BCUT2D eigenvalue weighted by Crippen LogP contribution is 2.30. The molecule has 37 heavy (non-hydrogen) atoms. The molecule has 0 spiro atoms. The predicted molar refractivity (Wildman–Crippen MR) is 142 cm³/mol. The Labute approximate surface area is 212 Å². The summed E-state index contributed by atoms with van der Waals surface area (Å²) in [5.74, 6) is 0.312. The molecule has 2 aromatic heterocycles. The van der Waals surface area contributed by atoms with Gasteiger partial charge in [-0.2, -0.15) is 5.10 Å². The number of nitro benzene ring substituents is 1. The summed E-state index contributed by atoms with van der Waals surface area (Å²) in [6, 6.07) is 31.1. The number of aryl methyl sites for hydroxylation is 1. The van der Waals surface area contributed by atoms with E-state index in [0.29, 0.717) is 22.6 Å². The molecule has 5 aromatic rings. The fourth-order valence-electron chi connectivity index (χ4n) is 4.10. The molecule has 0 aliphatic heterocycles. The van der Waals surface area contributed by atoms with Crippen LogP contribution in [0.1, 0.15) is 21.8 Å². The number of hydrogen-bond donors (Lipinski definition) is 1. The van der Waals surface area contributed by atoms with Crippen LogP contribution in [0, 0.1) is 17.0 Å². The molecule has 0 fully saturated rings. The van der Waals surface area contributed by atoms with Gasteiger partial charge in [0.15, 0.2) is 0 Å². The highest BCUT2D eigenvalue weighted by molar-refractivity contribution is 5.95. The van der Waals surface area contributed by atoms with Crippen LogP contribution < -0.4 is 5.43 Å². The van der Waals surface area contributed by atoms with E-state index >= 15 is 0 Å². The van der Waals surface area contributed by atoms with Gasteiger partial charge in [0.05, 0.1) is 22.4 Å². The van der Waals surface area contributed by atoms with Crippen molar-refractivity contribution in [3.05, 3.63) is 130 Å². The summed E-state index contributed by atoms with van der Waals surface area (Å²) in [6.07, 6.45) is 1.35. The summed E-state index contributed by atoms with van der Waals surface area (Å²) >= 11 is 0. The molecule has 8 heteroatoms. The lowest BCUT2D eigenvalue weighted by Gasteiger charge is -2.12. The van der Waals surface area contributed by atoms with Gasteiger partial charge in [-0.3, -0.25) is 14.9 Å². The van der Waals surface area contributed by atoms with Crippen LogP contribution in [0.2, 0.25) is 0 Å². The van der Waals surface area contributed by atoms with E-state index in [0.717, 1.165) is 22.6 Å². The van der Waals surface area contributed by atoms with Crippen molar-refractivity contribution >= 4 is 17.8 Å². The Hall–Kier alpha value is -5.24. The molecule has 0 saturated carbocycles. The first-order valence-corrected chi connectivity index (χ1v) is 11.5. The number of carbonyl (C=O) groups excluding carboxylic acids is 1. The summed E-state index contributed by atoms with van der Waals surface area (Å²) < 4.78 is 7.80. The number of furan rings is 1. The summed E-state index contributed by atoms with van der Waals surface area (Å²) in [6.45, 7) is 2.04. The van der Waals surface area contributed by atoms with E-state index in [2.05, 4.69) is 39.4 Å². The second-order valence-corrected chi connectivity index (χ2v) is 8.28. The second kappa shape index (κ2) is 10.2. The molecule has 0 bridgehead atoms. The average Bonchev–Trinajstić information content (AvgIpc) is 3.56. The molecule has 1 N–H and O–H groups in total. The van der Waals surface area contributed by atoms with Gasteiger partial charge in [0.25, 0.3) is 11.6 Å². The molecule has 0 aliphatic rings. The van der Waals surface area contributed by atoms with Crippen molar-refractivity contribution in [1.82, 2.24) is 9.99 Å². The van der Waals surface area contributed by atoms with E-state index in [-0.39, 0.29) is 11.6 Å². The first-order valence-electron chi connectivity index (χ1n) is 11.5. The fraction of sp³-hybridized carbons (Fsp3) is 0.0345. The number of nitrogens with one attached hydrogen (secondary N) is 1. The number of aromatic nitrogens is 1. The van der Waals surface area contributed by atoms with Crippen molar-refractivity contribution < 1.29 is 14.1 Å². The number of amides is 1. The van der Waals surface area contributed by atoms with E-state index in [4.69, 9.17) is 4.42 Å². The Morgan fingerprint density at radius 3 is 2.41 bits per heavy atom. The van der Waals surface area contributed by atoms with Crippen molar-refractivity contribution in [3.63, 3.8) is 0 Å². The third-order valence-corrected chi connectivity index (χ3v) is 5.88. The Morgan fingerprint density at radius 1 is 0.919 bits per heavy atom. The van der Waals surface area contributed by atoms with Crippen LogP contribution in [0.15, 0.2) is 113 Å². The molecule has 0 radical (unpaired) electrons. The molecule has 0 atom stereocenters. The molecule has 0 unspecified atom stereocenters. The normalized spacial score (nSPS) is 11.1. The van der Waals surface area contributed by atoms with E-state index in [1.54, 1.807) is 42.5 Å². The molecular weight excluding hydrogens is 468 g/mol. The highest BCUT2D eigenvalue weighted by Gasteiger charge is 2.17. The molecule has 8 nitrogen and oxygen atoms in total. The standard InChI is InChI=1S/C29H22N4O4/c1-20-11-17-26(21-7-3-2-4-8-21)32(20)23-14-12-22(13-15-23)29(34)31-30-19-24-16-18-28(37-24)25-9-5-6-10-27(25)33(35)36/h2-19H,1H3,(H,31,34)/b30-19-. The third-order valence-electron chi connectivity index (χ3n) is 5.88. The van der Waals surface area contributed by atoms with Crippen molar-refractivity contribution in [3.8, 4) is 28.3 Å². The van der Waals surface area contributed by atoms with Gasteiger partial charge in [0.1, 0.15) is 11.5 Å². The Morgan fingerprint density at radius 2 is 1.65 bits per heavy atom. The monoisotopic (exact) mass is 490 g/mol. The van der Waals surface area contributed by atoms with Crippen LogP contribution in [0.25, 0.3) is 28.3 Å². The van der Waals surface area contributed by atoms with Gasteiger partial charge in [-0.25, -0.2) is 5.43 Å². The average molecular weight is 491 g/mol. The highest BCUT2D eigenvalue weighted by atomic mass is 16.6. The van der Waals surface area contributed by atoms with E-state index in [9.17, 15) is 14.9 Å². The zero-order chi connectivity index (χ0) is 25.8. The van der Waals surface area contributed by atoms with Crippen molar-refractivity contribution in [2.45, 2.75) is 6.92 Å². The van der Waals surface area contributed by atoms with Crippen LogP contribution in [-0.2, 0) is 0 Å². The number of benzene rings is 3. The molecule has 0 saturated heterocycles. The minimum absolute atomic E-state index is 0.0527. The zero-order valence-electron chi connectivity index (χ0n) is 19.9. The number of hydrogen-bond acceptors (Lipinski definition) is 5.